The molecule has 118 valence electrons. The quantitative estimate of drug-likeness (QED) is 0.751. The summed E-state index contributed by atoms with van der Waals surface area (Å²) in [6.45, 7) is 4.38. The predicted octanol–water partition coefficient (Wildman–Crippen LogP) is 3.62. The van der Waals surface area contributed by atoms with E-state index < -0.39 is 11.7 Å². The normalized spacial score (nSPS) is 14.9. The maximum Gasteiger partial charge on any atom is 0.422 e. The molecule has 0 spiro atoms. The van der Waals surface area contributed by atoms with Gasteiger partial charge in [0, 0.05) is 0 Å². The van der Waals surface area contributed by atoms with Crippen LogP contribution in [-0.4, -0.2) is 30.4 Å². The summed E-state index contributed by atoms with van der Waals surface area (Å²) in [5, 5.41) is 0. The van der Waals surface area contributed by atoms with Crippen molar-refractivity contribution in [2.24, 2.45) is 0 Å². The number of fused-ring (bicyclic) bond motifs is 1. The highest BCUT2D eigenvalue weighted by Crippen LogP contribution is 2.32. The summed E-state index contributed by atoms with van der Waals surface area (Å²) < 4.78 is 44.6. The molecule has 0 fully saturated rings. The van der Waals surface area contributed by atoms with Crippen LogP contribution in [0.1, 0.15) is 15.9 Å². The molecule has 6 heteroatoms. The van der Waals surface area contributed by atoms with E-state index in [0.29, 0.717) is 35.6 Å². The van der Waals surface area contributed by atoms with E-state index in [1.807, 2.05) is 0 Å². The number of rotatable bonds is 1. The number of carbonyl (C=O) groups is 1. The predicted molar refractivity (Wildman–Crippen MR) is 79.0 cm³/mol. The van der Waals surface area contributed by atoms with E-state index in [-0.39, 0.29) is 5.91 Å². The molecule has 0 aliphatic carbocycles. The van der Waals surface area contributed by atoms with Gasteiger partial charge in [-0.15, -0.1) is 0 Å². The minimum atomic E-state index is -4.37. The first-order valence-electron chi connectivity index (χ1n) is 6.93. The summed E-state index contributed by atoms with van der Waals surface area (Å²) in [5.41, 5.74) is 0.882. The summed E-state index contributed by atoms with van der Waals surface area (Å²) in [4.78, 5) is 12.2. The van der Waals surface area contributed by atoms with E-state index in [1.165, 1.54) is 16.7 Å². The van der Waals surface area contributed by atoms with Gasteiger partial charge < -0.3 is 4.74 Å². The highest BCUT2D eigenvalue weighted by Gasteiger charge is 2.30. The minimum absolute atomic E-state index is 0.272. The molecule has 1 aliphatic rings. The van der Waals surface area contributed by atoms with Gasteiger partial charge in [-0.1, -0.05) is 18.2 Å². The van der Waals surface area contributed by atoms with Crippen molar-refractivity contribution in [2.75, 3.05) is 13.2 Å². The van der Waals surface area contributed by atoms with Crippen molar-refractivity contribution in [3.63, 3.8) is 0 Å². The fraction of sp³-hybridized carbons (Fsp3) is 0.176. The van der Waals surface area contributed by atoms with Crippen molar-refractivity contribution < 1.29 is 27.3 Å². The van der Waals surface area contributed by atoms with Crippen LogP contribution in [0, 0.1) is 0 Å². The van der Waals surface area contributed by atoms with E-state index in [1.54, 1.807) is 18.2 Å². The number of benzene rings is 2. The third-order valence-corrected chi connectivity index (χ3v) is 3.66. The maximum absolute atomic E-state index is 12.6. The van der Waals surface area contributed by atoms with Gasteiger partial charge in [0.15, 0.2) is 6.54 Å². The standard InChI is InChI=1S/C17H13F3NO2/c1-21-8-9-23-15-7-4-12(10-14(15)16(21)22)11-2-5-13(6-3-11)17(18,19)20/h2-7,10H,1,8-9H2/q+1. The highest BCUT2D eigenvalue weighted by atomic mass is 19.4. The average molecular weight is 320 g/mol. The molecule has 23 heavy (non-hydrogen) atoms. The van der Waals surface area contributed by atoms with Crippen LogP contribution in [0.5, 0.6) is 5.75 Å². The van der Waals surface area contributed by atoms with Crippen LogP contribution >= 0.6 is 0 Å². The van der Waals surface area contributed by atoms with Gasteiger partial charge in [0.25, 0.3) is 0 Å². The molecular formula is C17H13F3NO2+. The molecule has 1 aliphatic heterocycles. The lowest BCUT2D eigenvalue weighted by Crippen LogP contribution is -2.20. The third kappa shape index (κ3) is 2.97. The number of hydrogen-bond donors (Lipinski definition) is 0. The topological polar surface area (TPSA) is 29.3 Å². The Hall–Kier alpha value is -2.63. The molecule has 2 aromatic rings. The Bertz CT molecular complexity index is 779. The summed E-state index contributed by atoms with van der Waals surface area (Å²) >= 11 is 0. The second-order valence-corrected chi connectivity index (χ2v) is 5.20. The van der Waals surface area contributed by atoms with Crippen LogP contribution in [0.3, 0.4) is 0 Å². The number of hydrogen-bond acceptors (Lipinski definition) is 2. The first-order valence-corrected chi connectivity index (χ1v) is 6.93. The van der Waals surface area contributed by atoms with Gasteiger partial charge in [-0.2, -0.15) is 17.7 Å². The van der Waals surface area contributed by atoms with Crippen molar-refractivity contribution in [1.82, 2.24) is 0 Å². The summed E-state index contributed by atoms with van der Waals surface area (Å²) in [5.74, 6) is 0.183. The van der Waals surface area contributed by atoms with Crippen molar-refractivity contribution in [1.29, 1.82) is 0 Å². The zero-order valence-corrected chi connectivity index (χ0v) is 12.1. The Labute approximate surface area is 130 Å². The first-order chi connectivity index (χ1) is 10.9. The summed E-state index contributed by atoms with van der Waals surface area (Å²) in [7, 11) is 0. The Morgan fingerprint density at radius 3 is 2.35 bits per heavy atom. The third-order valence-electron chi connectivity index (χ3n) is 3.66. The molecule has 3 nitrogen and oxygen atoms in total. The zero-order chi connectivity index (χ0) is 16.6. The smallest absolute Gasteiger partial charge is 0.422 e. The average Bonchev–Trinajstić information content (AvgIpc) is 2.66. The first kappa shape index (κ1) is 15.3. The van der Waals surface area contributed by atoms with Crippen LogP contribution in [0.2, 0.25) is 0 Å². The summed E-state index contributed by atoms with van der Waals surface area (Å²) in [6.07, 6.45) is -4.37. The van der Waals surface area contributed by atoms with E-state index >= 15 is 0 Å². The SMILES string of the molecule is C=[N+]1CCOc2ccc(-c3ccc(C(F)(F)F)cc3)cc2C1=O. The number of amides is 1. The van der Waals surface area contributed by atoms with Crippen LogP contribution in [0.15, 0.2) is 42.5 Å². The zero-order valence-electron chi connectivity index (χ0n) is 12.1. The molecule has 0 unspecified atom stereocenters. The molecule has 0 N–H and O–H groups in total. The maximum atomic E-state index is 12.6. The number of halogens is 3. The van der Waals surface area contributed by atoms with Crippen LogP contribution in [-0.2, 0) is 6.18 Å². The van der Waals surface area contributed by atoms with E-state index in [4.69, 9.17) is 4.74 Å². The molecule has 3 rings (SSSR count). The Morgan fingerprint density at radius 2 is 1.70 bits per heavy atom. The minimum Gasteiger partial charge on any atom is -0.486 e. The van der Waals surface area contributed by atoms with Gasteiger partial charge in [0.1, 0.15) is 24.6 Å². The van der Waals surface area contributed by atoms with E-state index in [9.17, 15) is 18.0 Å². The molecule has 0 radical (unpaired) electrons. The lowest BCUT2D eigenvalue weighted by atomic mass is 10.0. The van der Waals surface area contributed by atoms with Gasteiger partial charge in [0.05, 0.1) is 5.56 Å². The van der Waals surface area contributed by atoms with Crippen LogP contribution in [0.25, 0.3) is 11.1 Å². The second kappa shape index (κ2) is 5.53. The molecule has 0 bridgehead atoms. The van der Waals surface area contributed by atoms with Crippen molar-refractivity contribution in [2.45, 2.75) is 6.18 Å². The van der Waals surface area contributed by atoms with Gasteiger partial charge in [-0.25, -0.2) is 4.79 Å². The van der Waals surface area contributed by atoms with Gasteiger partial charge in [-0.3, -0.25) is 0 Å². The highest BCUT2D eigenvalue weighted by molar-refractivity contribution is 5.93. The molecular weight excluding hydrogens is 307 g/mol. The number of nitrogens with zero attached hydrogens (tertiary/aromatic N) is 1. The fourth-order valence-electron chi connectivity index (χ4n) is 2.39. The summed E-state index contributed by atoms with van der Waals surface area (Å²) in [6, 6.07) is 9.79. The molecule has 1 heterocycles. The van der Waals surface area contributed by atoms with Crippen molar-refractivity contribution in [3.8, 4) is 16.9 Å². The fourth-order valence-corrected chi connectivity index (χ4v) is 2.39. The molecule has 1 amide bonds. The Morgan fingerprint density at radius 1 is 1.04 bits per heavy atom. The van der Waals surface area contributed by atoms with Crippen LogP contribution in [0.4, 0.5) is 13.2 Å². The second-order valence-electron chi connectivity index (χ2n) is 5.20. The van der Waals surface area contributed by atoms with Crippen molar-refractivity contribution >= 4 is 12.6 Å². The van der Waals surface area contributed by atoms with Crippen molar-refractivity contribution in [3.05, 3.63) is 53.6 Å². The van der Waals surface area contributed by atoms with E-state index in [0.717, 1.165) is 12.1 Å². The van der Waals surface area contributed by atoms with Gasteiger partial charge >= 0.3 is 12.1 Å². The van der Waals surface area contributed by atoms with Gasteiger partial charge in [0.2, 0.25) is 0 Å². The number of ether oxygens (including phenoxy) is 1. The lowest BCUT2D eigenvalue weighted by molar-refractivity contribution is -0.419. The molecule has 2 aromatic carbocycles. The number of carbonyl (C=O) groups excluding carboxylic acids is 1. The molecule has 0 aromatic heterocycles. The molecule has 0 saturated carbocycles. The Balaban J connectivity index is 2.00. The Kier molecular flexibility index (Phi) is 3.67. The largest absolute Gasteiger partial charge is 0.486 e. The molecule has 0 saturated heterocycles. The van der Waals surface area contributed by atoms with Gasteiger partial charge in [-0.05, 0) is 35.4 Å². The molecule has 0 atom stereocenters. The van der Waals surface area contributed by atoms with Crippen LogP contribution < -0.4 is 4.74 Å². The number of alkyl halides is 3. The lowest BCUT2D eigenvalue weighted by Gasteiger charge is -2.09. The van der Waals surface area contributed by atoms with E-state index in [2.05, 4.69) is 6.72 Å². The monoisotopic (exact) mass is 320 g/mol.